The van der Waals surface area contributed by atoms with Crippen molar-refractivity contribution in [2.24, 2.45) is 0 Å². The molecule has 0 amide bonds. The van der Waals surface area contributed by atoms with Gasteiger partial charge in [-0.2, -0.15) is 0 Å². The largest absolute Gasteiger partial charge is 0.278 e. The Balaban J connectivity index is 0.635. The van der Waals surface area contributed by atoms with Crippen LogP contribution in [0.1, 0.15) is 0 Å². The highest BCUT2D eigenvalue weighted by molar-refractivity contribution is 6.02. The molecular formula is C110H70N12. The van der Waals surface area contributed by atoms with Crippen LogP contribution in [0.5, 0.6) is 0 Å². The van der Waals surface area contributed by atoms with Crippen LogP contribution in [0.25, 0.3) is 224 Å². The van der Waals surface area contributed by atoms with Gasteiger partial charge in [0, 0.05) is 50.1 Å². The van der Waals surface area contributed by atoms with Gasteiger partial charge in [0.15, 0.2) is 34.9 Å². The molecule has 0 aliphatic carbocycles. The smallest absolute Gasteiger partial charge is 0.220 e. The Bertz CT molecular complexity index is 7820. The molecule has 0 saturated heterocycles. The molecule has 23 aromatic rings. The number of nitrogens with zero attached hydrogens (tertiary/aromatic N) is 12. The molecule has 0 atom stereocenters. The van der Waals surface area contributed by atoms with Crippen LogP contribution in [0.3, 0.4) is 0 Å². The molecule has 0 unspecified atom stereocenters. The third kappa shape index (κ3) is 12.7. The predicted molar refractivity (Wildman–Crippen MR) is 495 cm³/mol. The normalized spacial score (nSPS) is 11.6. The molecule has 0 radical (unpaired) electrons. The van der Waals surface area contributed by atoms with Gasteiger partial charge in [0.2, 0.25) is 11.6 Å². The third-order valence-electron chi connectivity index (χ3n) is 23.3. The van der Waals surface area contributed by atoms with Gasteiger partial charge in [-0.05, 0) is 157 Å². The van der Waals surface area contributed by atoms with Crippen LogP contribution in [-0.4, -0.2) is 57.8 Å². The van der Waals surface area contributed by atoms with Crippen molar-refractivity contribution < 1.29 is 0 Å². The number of hydrogen-bond donors (Lipinski definition) is 0. The van der Waals surface area contributed by atoms with Crippen LogP contribution in [0.2, 0.25) is 0 Å². The molecule has 0 saturated carbocycles. The van der Waals surface area contributed by atoms with Gasteiger partial charge < -0.3 is 0 Å². The SMILES string of the molecule is c1ccc(-c2ccc3nc4n(-c5ccc(-c6nc(-c7ccccc7)nc(-c7cccc(-c8ccc(-c9ccc%10nc%11n(-c%12c(-c%13ccccc%13)cc(-c%13nc(-c%14ccccc%14)nc(-c%14ccccc%14)n%13)cc%12-c%12ccccc%12)c%12ccc(-c%13ccccc%13)cc%12n%11c%10c9)cc8)c7)n6)cc5-c5ccccc5)c5ccc(-c6ccccc6)cc5n4c3c2)cc1. The molecule has 17 aromatic carbocycles. The fourth-order valence-corrected chi connectivity index (χ4v) is 17.3. The Morgan fingerprint density at radius 3 is 0.811 bits per heavy atom. The molecule has 0 fully saturated rings. The first-order valence-electron chi connectivity index (χ1n) is 40.9. The van der Waals surface area contributed by atoms with Gasteiger partial charge in [0.1, 0.15) is 0 Å². The Hall–Kier alpha value is -16.7. The fraction of sp³-hybridized carbons (Fsp3) is 0. The Morgan fingerprint density at radius 1 is 0.148 bits per heavy atom. The van der Waals surface area contributed by atoms with Gasteiger partial charge in [0.25, 0.3) is 0 Å². The fourth-order valence-electron chi connectivity index (χ4n) is 17.3. The van der Waals surface area contributed by atoms with Crippen LogP contribution in [0.15, 0.2) is 425 Å². The van der Waals surface area contributed by atoms with E-state index in [2.05, 4.69) is 364 Å². The second-order valence-corrected chi connectivity index (χ2v) is 30.7. The van der Waals surface area contributed by atoms with Gasteiger partial charge in [-0.1, -0.05) is 340 Å². The number of rotatable bonds is 16. The van der Waals surface area contributed by atoms with Crippen LogP contribution < -0.4 is 0 Å². The van der Waals surface area contributed by atoms with E-state index in [0.29, 0.717) is 34.9 Å². The quantitative estimate of drug-likeness (QED) is 0.0938. The second-order valence-electron chi connectivity index (χ2n) is 30.7. The molecule has 0 bridgehead atoms. The summed E-state index contributed by atoms with van der Waals surface area (Å²) in [5.74, 6) is 4.99. The van der Waals surface area contributed by atoms with Crippen molar-refractivity contribution in [2.45, 2.75) is 0 Å². The maximum Gasteiger partial charge on any atom is 0.220 e. The summed E-state index contributed by atoms with van der Waals surface area (Å²) in [6.45, 7) is 0. The highest BCUT2D eigenvalue weighted by Crippen LogP contribution is 2.46. The summed E-state index contributed by atoms with van der Waals surface area (Å²) in [4.78, 5) is 42.9. The molecular weight excluding hydrogens is 1490 g/mol. The Kier molecular flexibility index (Phi) is 17.3. The molecule has 12 nitrogen and oxygen atoms in total. The average molecular weight is 1560 g/mol. The molecule has 0 spiro atoms. The zero-order chi connectivity index (χ0) is 80.6. The predicted octanol–water partition coefficient (Wildman–Crippen LogP) is 26.9. The van der Waals surface area contributed by atoms with Gasteiger partial charge >= 0.3 is 0 Å². The lowest BCUT2D eigenvalue weighted by Crippen LogP contribution is -2.04. The summed E-state index contributed by atoms with van der Waals surface area (Å²) in [7, 11) is 0. The number of aromatic nitrogens is 12. The monoisotopic (exact) mass is 1560 g/mol. The highest BCUT2D eigenvalue weighted by atomic mass is 15.2. The van der Waals surface area contributed by atoms with Crippen molar-refractivity contribution in [3.8, 4) is 169 Å². The number of hydrogen-bond acceptors (Lipinski definition) is 8. The van der Waals surface area contributed by atoms with Crippen molar-refractivity contribution >= 4 is 55.7 Å². The zero-order valence-electron chi connectivity index (χ0n) is 65.8. The lowest BCUT2D eigenvalue weighted by atomic mass is 9.92. The van der Waals surface area contributed by atoms with Gasteiger partial charge in [-0.3, -0.25) is 17.9 Å². The summed E-state index contributed by atoms with van der Waals surface area (Å²) in [6.07, 6.45) is 0. The summed E-state index contributed by atoms with van der Waals surface area (Å²) in [5.41, 5.74) is 32.0. The highest BCUT2D eigenvalue weighted by Gasteiger charge is 2.28. The van der Waals surface area contributed by atoms with Crippen molar-refractivity contribution in [1.82, 2.24) is 57.8 Å². The first-order chi connectivity index (χ1) is 60.4. The summed E-state index contributed by atoms with van der Waals surface area (Å²) < 4.78 is 9.36. The van der Waals surface area contributed by atoms with Crippen LogP contribution in [-0.2, 0) is 0 Å². The minimum absolute atomic E-state index is 0.548. The maximum absolute atomic E-state index is 5.69. The molecule has 6 heterocycles. The molecule has 0 N–H and O–H groups in total. The van der Waals surface area contributed by atoms with E-state index in [1.165, 1.54) is 0 Å². The van der Waals surface area contributed by atoms with E-state index in [-0.39, 0.29) is 0 Å². The van der Waals surface area contributed by atoms with Crippen LogP contribution >= 0.6 is 0 Å². The van der Waals surface area contributed by atoms with E-state index < -0.39 is 0 Å². The van der Waals surface area contributed by atoms with E-state index in [0.717, 1.165) is 189 Å². The van der Waals surface area contributed by atoms with Crippen molar-refractivity contribution in [2.75, 3.05) is 0 Å². The minimum atomic E-state index is 0.548. The Labute approximate surface area is 702 Å². The van der Waals surface area contributed by atoms with Gasteiger partial charge in [-0.15, -0.1) is 0 Å². The number of imidazole rings is 4. The van der Waals surface area contributed by atoms with Crippen molar-refractivity contribution in [3.05, 3.63) is 425 Å². The third-order valence-corrected chi connectivity index (χ3v) is 23.3. The first kappa shape index (κ1) is 70.7. The van der Waals surface area contributed by atoms with Gasteiger partial charge in [-0.25, -0.2) is 39.9 Å². The Morgan fingerprint density at radius 2 is 0.410 bits per heavy atom. The van der Waals surface area contributed by atoms with E-state index in [1.807, 2.05) is 78.9 Å². The first-order valence-corrected chi connectivity index (χ1v) is 40.9. The molecule has 122 heavy (non-hydrogen) atoms. The molecule has 12 heteroatoms. The second kappa shape index (κ2) is 29.8. The van der Waals surface area contributed by atoms with Crippen LogP contribution in [0, 0.1) is 0 Å². The van der Waals surface area contributed by atoms with E-state index in [4.69, 9.17) is 39.9 Å². The lowest BCUT2D eigenvalue weighted by Gasteiger charge is -2.20. The average Bonchev–Trinajstić information content (AvgIpc) is 1.55. The van der Waals surface area contributed by atoms with E-state index in [1.54, 1.807) is 0 Å². The molecule has 0 aliphatic rings. The van der Waals surface area contributed by atoms with Gasteiger partial charge in [0.05, 0.1) is 55.5 Å². The summed E-state index contributed by atoms with van der Waals surface area (Å²) >= 11 is 0. The minimum Gasteiger partial charge on any atom is -0.278 e. The van der Waals surface area contributed by atoms with Crippen molar-refractivity contribution in [3.63, 3.8) is 0 Å². The summed E-state index contributed by atoms with van der Waals surface area (Å²) in [6, 6.07) is 149. The molecule has 6 aromatic heterocycles. The van der Waals surface area contributed by atoms with Crippen molar-refractivity contribution in [1.29, 1.82) is 0 Å². The lowest BCUT2D eigenvalue weighted by molar-refractivity contribution is 1.07. The zero-order valence-corrected chi connectivity index (χ0v) is 65.8. The number of fused-ring (bicyclic) bond motifs is 10. The molecule has 570 valence electrons. The molecule has 0 aliphatic heterocycles. The van der Waals surface area contributed by atoms with Crippen LogP contribution in [0.4, 0.5) is 0 Å². The van der Waals surface area contributed by atoms with E-state index in [9.17, 15) is 0 Å². The van der Waals surface area contributed by atoms with E-state index >= 15 is 0 Å². The standard InChI is InChI=1S/C110H70N12/c1-10-29-71(30-11-1)83-53-58-93-98(67-83)120-100-69-85(72-31-12-2-13-32-72)55-61-96(100)119(109(120)111-93)95-60-57-88(64-90(95)76-35-16-4-17-36-76)107-115-105(81-45-26-9-27-46-81)114-106(118-107)87-48-28-47-82(63-87)74-49-51-75(52-50-74)84-54-59-94-99(68-84)121-101-70-86(73-33-14-3-15-34-73)56-62-97(101)122(110(121)112-94)102-91(77-37-18-5-19-38-77)65-89(66-92(102)78-39-20-6-21-40-78)108-116-103(79-41-22-7-23-42-79)113-104(117-108)80-43-24-8-25-44-80/h1-70H. The number of benzene rings is 17. The maximum atomic E-state index is 5.69. The molecule has 23 rings (SSSR count). The topological polar surface area (TPSA) is 122 Å². The summed E-state index contributed by atoms with van der Waals surface area (Å²) in [5, 5.41) is 0.